The quantitative estimate of drug-likeness (QED) is 0.183. The Morgan fingerprint density at radius 2 is 1.77 bits per heavy atom. The number of carboxylic acid groups (broad SMARTS) is 1. The summed E-state index contributed by atoms with van der Waals surface area (Å²) in [6.07, 6.45) is 6.50. The number of fused-ring (bicyclic) bond motifs is 1. The van der Waals surface area contributed by atoms with Crippen molar-refractivity contribution in [2.45, 2.75) is 50.4 Å². The van der Waals surface area contributed by atoms with Crippen LogP contribution in [0.3, 0.4) is 0 Å². The van der Waals surface area contributed by atoms with Crippen LogP contribution in [0, 0.1) is 0 Å². The van der Waals surface area contributed by atoms with Gasteiger partial charge in [-0.05, 0) is 73.2 Å². The van der Waals surface area contributed by atoms with Gasteiger partial charge in [0.1, 0.15) is 0 Å². The van der Waals surface area contributed by atoms with Gasteiger partial charge >= 0.3 is 5.97 Å². The lowest BCUT2D eigenvalue weighted by Gasteiger charge is -2.21. The highest BCUT2D eigenvalue weighted by atomic mass is 35.5. The molecule has 0 saturated carbocycles. The molecule has 4 aromatic rings. The molecule has 3 aromatic carbocycles. The number of benzene rings is 3. The Labute approximate surface area is 239 Å². The zero-order valence-electron chi connectivity index (χ0n) is 22.3. The topological polar surface area (TPSA) is 70.4 Å². The molecule has 1 unspecified atom stereocenters. The van der Waals surface area contributed by atoms with E-state index in [0.29, 0.717) is 17.2 Å². The average molecular weight is 560 g/mol. The van der Waals surface area contributed by atoms with E-state index in [1.807, 2.05) is 62.4 Å². The Bertz CT molecular complexity index is 1460. The predicted octanol–water partition coefficient (Wildman–Crippen LogP) is 8.25. The summed E-state index contributed by atoms with van der Waals surface area (Å²) in [5, 5.41) is 21.4. The summed E-state index contributed by atoms with van der Waals surface area (Å²) in [6, 6.07) is 26.4. The van der Waals surface area contributed by atoms with Gasteiger partial charge in [-0.25, -0.2) is 4.98 Å². The third kappa shape index (κ3) is 8.96. The van der Waals surface area contributed by atoms with Crippen molar-refractivity contribution in [1.82, 2.24) is 4.98 Å². The minimum absolute atomic E-state index is 0.133. The summed E-state index contributed by atoms with van der Waals surface area (Å²) in [5.74, 6) is -0.229. The fourth-order valence-electron chi connectivity index (χ4n) is 4.60. The van der Waals surface area contributed by atoms with Crippen LogP contribution in [0.15, 0.2) is 78.9 Å². The fraction of sp³-hybridized carbons (Fsp3) is 0.273. The molecule has 1 atom stereocenters. The van der Waals surface area contributed by atoms with Crippen molar-refractivity contribution in [2.75, 3.05) is 5.75 Å². The number of pyridine rings is 1. The highest BCUT2D eigenvalue weighted by Crippen LogP contribution is 2.35. The smallest absolute Gasteiger partial charge is 0.304 e. The third-order valence-electron chi connectivity index (χ3n) is 6.46. The van der Waals surface area contributed by atoms with Crippen molar-refractivity contribution >= 4 is 52.4 Å². The first kappa shape index (κ1) is 28.9. The lowest BCUT2D eigenvalue weighted by molar-refractivity contribution is -0.136. The molecule has 0 aliphatic carbocycles. The zero-order chi connectivity index (χ0) is 27.8. The van der Waals surface area contributed by atoms with Crippen LogP contribution in [0.25, 0.3) is 23.1 Å². The van der Waals surface area contributed by atoms with Crippen molar-refractivity contribution in [3.8, 4) is 0 Å². The highest BCUT2D eigenvalue weighted by Gasteiger charge is 2.18. The Hall–Kier alpha value is -3.12. The van der Waals surface area contributed by atoms with E-state index in [1.54, 1.807) is 11.8 Å². The predicted molar refractivity (Wildman–Crippen MR) is 164 cm³/mol. The number of hydrogen-bond donors (Lipinski definition) is 2. The van der Waals surface area contributed by atoms with Crippen LogP contribution in [-0.4, -0.2) is 32.5 Å². The van der Waals surface area contributed by atoms with Crippen molar-refractivity contribution in [1.29, 1.82) is 0 Å². The van der Waals surface area contributed by atoms with E-state index in [2.05, 4.69) is 42.5 Å². The molecule has 0 radical (unpaired) electrons. The number of aromatic nitrogens is 1. The first-order valence-corrected chi connectivity index (χ1v) is 14.6. The minimum atomic E-state index is -0.780. The molecule has 4 nitrogen and oxygen atoms in total. The summed E-state index contributed by atoms with van der Waals surface area (Å²) in [7, 11) is 0. The second-order valence-electron chi connectivity index (χ2n) is 10.4. The molecule has 0 spiro atoms. The Morgan fingerprint density at radius 3 is 2.54 bits per heavy atom. The van der Waals surface area contributed by atoms with Crippen LogP contribution in [0.1, 0.15) is 59.9 Å². The summed E-state index contributed by atoms with van der Waals surface area (Å²) in [4.78, 5) is 15.9. The van der Waals surface area contributed by atoms with Gasteiger partial charge in [-0.1, -0.05) is 78.3 Å². The highest BCUT2D eigenvalue weighted by molar-refractivity contribution is 7.99. The van der Waals surface area contributed by atoms with E-state index in [9.17, 15) is 15.0 Å². The third-order valence-corrected chi connectivity index (χ3v) is 8.04. The number of carbonyl (C=O) groups is 1. The number of aliphatic carboxylic acids is 1. The number of thioether (sulfide) groups is 1. The SMILES string of the molecule is CC(C)(O)Cc1ccccc1CCC(SCCC(=O)O)c1cccc(C=Cc2ccc3ccc(Cl)cc3n2)c1. The van der Waals surface area contributed by atoms with Gasteiger partial charge < -0.3 is 10.2 Å². The van der Waals surface area contributed by atoms with Gasteiger partial charge in [0.05, 0.1) is 23.2 Å². The molecule has 0 bridgehead atoms. The Balaban J connectivity index is 1.53. The minimum Gasteiger partial charge on any atom is -0.481 e. The maximum atomic E-state index is 11.2. The molecule has 6 heteroatoms. The van der Waals surface area contributed by atoms with E-state index in [1.165, 1.54) is 11.1 Å². The molecule has 39 heavy (non-hydrogen) atoms. The standard InChI is InChI=1S/C33H34ClNO3S/c1-33(2,38)22-27-8-4-3-7-24(27)13-17-31(39-19-18-32(36)37)26-9-5-6-23(20-26)10-15-29-16-12-25-11-14-28(34)21-30(25)35-29/h3-12,14-16,20-21,31,38H,13,17-19,22H2,1-2H3,(H,36,37). The number of rotatable bonds is 12. The molecule has 0 aliphatic rings. The van der Waals surface area contributed by atoms with Crippen molar-refractivity contribution in [3.05, 3.63) is 112 Å². The van der Waals surface area contributed by atoms with Crippen LogP contribution >= 0.6 is 23.4 Å². The van der Waals surface area contributed by atoms with Crippen LogP contribution in [-0.2, 0) is 17.6 Å². The van der Waals surface area contributed by atoms with Crippen LogP contribution < -0.4 is 0 Å². The molecule has 0 saturated heterocycles. The van der Waals surface area contributed by atoms with E-state index in [-0.39, 0.29) is 11.7 Å². The molecule has 1 aromatic heterocycles. The van der Waals surface area contributed by atoms with Crippen LogP contribution in [0.4, 0.5) is 0 Å². The average Bonchev–Trinajstić information content (AvgIpc) is 2.89. The Kier molecular flexibility index (Phi) is 9.84. The van der Waals surface area contributed by atoms with Gasteiger partial charge in [-0.15, -0.1) is 0 Å². The lowest BCUT2D eigenvalue weighted by atomic mass is 9.92. The number of aryl methyl sites for hydroxylation is 1. The van der Waals surface area contributed by atoms with Crippen molar-refractivity contribution < 1.29 is 15.0 Å². The molecule has 1 heterocycles. The second-order valence-corrected chi connectivity index (χ2v) is 12.1. The largest absolute Gasteiger partial charge is 0.481 e. The van der Waals surface area contributed by atoms with Gasteiger partial charge in [0, 0.05) is 27.8 Å². The lowest BCUT2D eigenvalue weighted by Crippen LogP contribution is -2.22. The summed E-state index contributed by atoms with van der Waals surface area (Å²) in [6.45, 7) is 3.66. The van der Waals surface area contributed by atoms with Gasteiger partial charge in [0.2, 0.25) is 0 Å². The van der Waals surface area contributed by atoms with E-state index >= 15 is 0 Å². The van der Waals surface area contributed by atoms with Gasteiger partial charge in [0.25, 0.3) is 0 Å². The normalized spacial score (nSPS) is 12.7. The maximum absolute atomic E-state index is 11.2. The second kappa shape index (κ2) is 13.3. The van der Waals surface area contributed by atoms with E-state index < -0.39 is 11.6 Å². The number of carboxylic acids is 1. The van der Waals surface area contributed by atoms with Gasteiger partial charge in [-0.3, -0.25) is 4.79 Å². The van der Waals surface area contributed by atoms with Crippen LogP contribution in [0.2, 0.25) is 5.02 Å². The molecular formula is C33H34ClNO3S. The number of halogens is 1. The molecule has 0 aliphatic heterocycles. The fourth-order valence-corrected chi connectivity index (χ4v) is 5.97. The maximum Gasteiger partial charge on any atom is 0.304 e. The summed E-state index contributed by atoms with van der Waals surface area (Å²) >= 11 is 7.83. The zero-order valence-corrected chi connectivity index (χ0v) is 23.9. The first-order valence-electron chi connectivity index (χ1n) is 13.1. The number of aliphatic hydroxyl groups is 1. The van der Waals surface area contributed by atoms with Crippen molar-refractivity contribution in [2.24, 2.45) is 0 Å². The molecule has 4 rings (SSSR count). The molecule has 0 fully saturated rings. The summed E-state index contributed by atoms with van der Waals surface area (Å²) in [5.41, 5.74) is 5.54. The van der Waals surface area contributed by atoms with Crippen LogP contribution in [0.5, 0.6) is 0 Å². The molecule has 0 amide bonds. The number of nitrogens with zero attached hydrogens (tertiary/aromatic N) is 1. The first-order chi connectivity index (χ1) is 18.7. The van der Waals surface area contributed by atoms with E-state index in [4.69, 9.17) is 16.6 Å². The van der Waals surface area contributed by atoms with Gasteiger partial charge in [0.15, 0.2) is 0 Å². The molecule has 202 valence electrons. The Morgan fingerprint density at radius 1 is 1.00 bits per heavy atom. The number of hydrogen-bond acceptors (Lipinski definition) is 4. The summed E-state index contributed by atoms with van der Waals surface area (Å²) < 4.78 is 0. The molecular weight excluding hydrogens is 526 g/mol. The molecule has 2 N–H and O–H groups in total. The van der Waals surface area contributed by atoms with Crippen molar-refractivity contribution in [3.63, 3.8) is 0 Å². The van der Waals surface area contributed by atoms with Gasteiger partial charge in [-0.2, -0.15) is 11.8 Å². The van der Waals surface area contributed by atoms with E-state index in [0.717, 1.165) is 40.6 Å². The monoisotopic (exact) mass is 559 g/mol.